The van der Waals surface area contributed by atoms with Gasteiger partial charge in [-0.2, -0.15) is 11.8 Å². The second-order valence-electron chi connectivity index (χ2n) is 4.69. The molecule has 0 aromatic carbocycles. The molecule has 2 rings (SSSR count). The van der Waals surface area contributed by atoms with E-state index in [-0.39, 0.29) is 11.9 Å². The molecular formula is C12H22N2OS. The van der Waals surface area contributed by atoms with Crippen LogP contribution < -0.4 is 10.6 Å². The van der Waals surface area contributed by atoms with E-state index >= 15 is 0 Å². The summed E-state index contributed by atoms with van der Waals surface area (Å²) in [6.07, 6.45) is 5.83. The molecule has 2 N–H and O–H groups in total. The van der Waals surface area contributed by atoms with Crippen molar-refractivity contribution in [3.8, 4) is 0 Å². The highest BCUT2D eigenvalue weighted by Crippen LogP contribution is 2.30. The molecule has 1 amide bonds. The summed E-state index contributed by atoms with van der Waals surface area (Å²) >= 11 is 2.00. The molecule has 0 bridgehead atoms. The third kappa shape index (κ3) is 2.92. The van der Waals surface area contributed by atoms with Gasteiger partial charge in [-0.25, -0.2) is 0 Å². The van der Waals surface area contributed by atoms with Gasteiger partial charge in [0.2, 0.25) is 5.91 Å². The molecule has 0 radical (unpaired) electrons. The van der Waals surface area contributed by atoms with Crippen LogP contribution in [0, 0.1) is 0 Å². The molecule has 0 spiro atoms. The highest BCUT2D eigenvalue weighted by atomic mass is 32.2. The Balaban J connectivity index is 1.81. The topological polar surface area (TPSA) is 41.1 Å². The average Bonchev–Trinajstić information content (AvgIpc) is 2.90. The fourth-order valence-electron chi connectivity index (χ4n) is 2.70. The van der Waals surface area contributed by atoms with Gasteiger partial charge in [-0.05, 0) is 38.0 Å². The minimum atomic E-state index is 0.0767. The van der Waals surface area contributed by atoms with Gasteiger partial charge in [-0.1, -0.05) is 13.3 Å². The van der Waals surface area contributed by atoms with E-state index in [1.807, 2.05) is 11.8 Å². The van der Waals surface area contributed by atoms with E-state index in [1.165, 1.54) is 12.8 Å². The first-order valence-electron chi connectivity index (χ1n) is 6.46. The van der Waals surface area contributed by atoms with Crippen molar-refractivity contribution in [1.29, 1.82) is 0 Å². The molecule has 2 unspecified atom stereocenters. The van der Waals surface area contributed by atoms with Crippen molar-refractivity contribution in [2.24, 2.45) is 0 Å². The zero-order chi connectivity index (χ0) is 11.4. The van der Waals surface area contributed by atoms with E-state index in [1.54, 1.807) is 0 Å². The molecule has 1 heterocycles. The van der Waals surface area contributed by atoms with E-state index < -0.39 is 0 Å². The molecule has 3 atom stereocenters. The van der Waals surface area contributed by atoms with Crippen LogP contribution in [0.4, 0.5) is 0 Å². The van der Waals surface area contributed by atoms with Crippen LogP contribution in [0.1, 0.15) is 39.0 Å². The Kier molecular flexibility index (Phi) is 4.53. The van der Waals surface area contributed by atoms with Crippen LogP contribution in [0.5, 0.6) is 0 Å². The van der Waals surface area contributed by atoms with Crippen molar-refractivity contribution in [2.45, 2.75) is 56.4 Å². The van der Waals surface area contributed by atoms with E-state index in [0.29, 0.717) is 11.3 Å². The Morgan fingerprint density at radius 1 is 1.38 bits per heavy atom. The predicted molar refractivity (Wildman–Crippen MR) is 68.7 cm³/mol. The minimum absolute atomic E-state index is 0.0767. The molecule has 1 aliphatic carbocycles. The lowest BCUT2D eigenvalue weighted by molar-refractivity contribution is -0.123. The van der Waals surface area contributed by atoms with E-state index in [4.69, 9.17) is 0 Å². The predicted octanol–water partition coefficient (Wildman–Crippen LogP) is 1.53. The minimum Gasteiger partial charge on any atom is -0.351 e. The van der Waals surface area contributed by atoms with Crippen LogP contribution >= 0.6 is 11.8 Å². The highest BCUT2D eigenvalue weighted by Gasteiger charge is 2.31. The van der Waals surface area contributed by atoms with Crippen LogP contribution in [0.3, 0.4) is 0 Å². The largest absolute Gasteiger partial charge is 0.351 e. The van der Waals surface area contributed by atoms with Crippen molar-refractivity contribution in [2.75, 3.05) is 12.3 Å². The summed E-state index contributed by atoms with van der Waals surface area (Å²) in [6, 6.07) is 0.493. The lowest BCUT2D eigenvalue weighted by Gasteiger charge is -2.22. The Morgan fingerprint density at radius 3 is 2.94 bits per heavy atom. The first-order chi connectivity index (χ1) is 7.81. The maximum absolute atomic E-state index is 12.0. The Bertz CT molecular complexity index is 241. The summed E-state index contributed by atoms with van der Waals surface area (Å²) in [5.41, 5.74) is 0. The molecule has 92 valence electrons. The van der Waals surface area contributed by atoms with Gasteiger partial charge in [0.1, 0.15) is 0 Å². The molecule has 1 aliphatic heterocycles. The molecule has 0 aromatic rings. The lowest BCUT2D eigenvalue weighted by Crippen LogP contribution is -2.47. The Hall–Kier alpha value is -0.220. The fourth-order valence-corrected chi connectivity index (χ4v) is 3.89. The number of nitrogens with one attached hydrogen (secondary N) is 2. The van der Waals surface area contributed by atoms with Gasteiger partial charge in [0, 0.05) is 11.3 Å². The van der Waals surface area contributed by atoms with E-state index in [9.17, 15) is 4.79 Å². The maximum atomic E-state index is 12.0. The lowest BCUT2D eigenvalue weighted by atomic mass is 10.2. The van der Waals surface area contributed by atoms with Crippen LogP contribution in [0.2, 0.25) is 0 Å². The van der Waals surface area contributed by atoms with Crippen molar-refractivity contribution in [3.05, 3.63) is 0 Å². The number of carbonyl (C=O) groups is 1. The number of carbonyl (C=O) groups excluding carboxylic acids is 1. The number of hydrogen-bond donors (Lipinski definition) is 2. The zero-order valence-corrected chi connectivity index (χ0v) is 10.8. The van der Waals surface area contributed by atoms with Crippen molar-refractivity contribution in [1.82, 2.24) is 10.6 Å². The monoisotopic (exact) mass is 242 g/mol. The molecule has 0 aromatic heterocycles. The standard InChI is InChI=1S/C12H22N2OS/c1-2-16-11-7-3-5-9(11)14-12(15)10-6-4-8-13-10/h9-11,13H,2-8H2,1H3,(H,14,15)/t9?,10-,11?/m0/s1. The first kappa shape index (κ1) is 12.2. The average molecular weight is 242 g/mol. The number of hydrogen-bond acceptors (Lipinski definition) is 3. The highest BCUT2D eigenvalue weighted by molar-refractivity contribution is 7.99. The summed E-state index contributed by atoms with van der Waals surface area (Å²) in [6.45, 7) is 3.19. The van der Waals surface area contributed by atoms with E-state index in [0.717, 1.165) is 31.6 Å². The molecule has 2 aliphatic rings. The first-order valence-corrected chi connectivity index (χ1v) is 7.51. The smallest absolute Gasteiger partial charge is 0.237 e. The van der Waals surface area contributed by atoms with Gasteiger partial charge in [-0.3, -0.25) is 4.79 Å². The number of thioether (sulfide) groups is 1. The summed E-state index contributed by atoms with van der Waals surface area (Å²) in [5, 5.41) is 7.14. The van der Waals surface area contributed by atoms with E-state index in [2.05, 4.69) is 17.6 Å². The summed E-state index contributed by atoms with van der Waals surface area (Å²) < 4.78 is 0. The SMILES string of the molecule is CCSC1CCCC1NC(=O)[C@@H]1CCCN1. The third-order valence-electron chi connectivity index (χ3n) is 3.54. The Morgan fingerprint density at radius 2 is 2.25 bits per heavy atom. The second kappa shape index (κ2) is 5.92. The normalized spacial score (nSPS) is 34.2. The molecule has 4 heteroatoms. The van der Waals surface area contributed by atoms with Crippen LogP contribution in [0.15, 0.2) is 0 Å². The van der Waals surface area contributed by atoms with Crippen LogP contribution in [-0.4, -0.2) is 35.5 Å². The molecular weight excluding hydrogens is 220 g/mol. The quantitative estimate of drug-likeness (QED) is 0.785. The van der Waals surface area contributed by atoms with Gasteiger partial charge < -0.3 is 10.6 Å². The molecule has 1 saturated heterocycles. The van der Waals surface area contributed by atoms with Gasteiger partial charge >= 0.3 is 0 Å². The molecule has 3 nitrogen and oxygen atoms in total. The van der Waals surface area contributed by atoms with Gasteiger partial charge in [0.05, 0.1) is 6.04 Å². The zero-order valence-electron chi connectivity index (χ0n) is 10.00. The number of amides is 1. The molecule has 1 saturated carbocycles. The van der Waals surface area contributed by atoms with Crippen molar-refractivity contribution in [3.63, 3.8) is 0 Å². The molecule has 16 heavy (non-hydrogen) atoms. The van der Waals surface area contributed by atoms with Crippen LogP contribution in [-0.2, 0) is 4.79 Å². The van der Waals surface area contributed by atoms with Gasteiger partial charge in [0.15, 0.2) is 0 Å². The maximum Gasteiger partial charge on any atom is 0.237 e. The van der Waals surface area contributed by atoms with Gasteiger partial charge in [-0.15, -0.1) is 0 Å². The molecule has 2 fully saturated rings. The number of rotatable bonds is 4. The summed E-state index contributed by atoms with van der Waals surface area (Å²) in [4.78, 5) is 12.0. The van der Waals surface area contributed by atoms with Crippen LogP contribution in [0.25, 0.3) is 0 Å². The third-order valence-corrected chi connectivity index (χ3v) is 4.86. The van der Waals surface area contributed by atoms with Crippen molar-refractivity contribution < 1.29 is 4.79 Å². The second-order valence-corrected chi connectivity index (χ2v) is 6.20. The summed E-state index contributed by atoms with van der Waals surface area (Å²) in [5.74, 6) is 1.38. The van der Waals surface area contributed by atoms with Crippen molar-refractivity contribution >= 4 is 17.7 Å². The fraction of sp³-hybridized carbons (Fsp3) is 0.917. The Labute approximate surface area is 102 Å². The van der Waals surface area contributed by atoms with Gasteiger partial charge in [0.25, 0.3) is 0 Å². The summed E-state index contributed by atoms with van der Waals surface area (Å²) in [7, 11) is 0.